The third-order valence-corrected chi connectivity index (χ3v) is 3.61. The number of primary amides is 1. The topological polar surface area (TPSA) is 72.3 Å². The van der Waals surface area contributed by atoms with E-state index in [1.54, 1.807) is 0 Å². The Balaban J connectivity index is 2.08. The van der Waals surface area contributed by atoms with E-state index in [-0.39, 0.29) is 24.2 Å². The van der Waals surface area contributed by atoms with Crippen molar-refractivity contribution < 1.29 is 9.18 Å². The minimum atomic E-state index is -0.308. The highest BCUT2D eigenvalue weighted by molar-refractivity contribution is 5.76. The molecule has 0 aliphatic carbocycles. The molecule has 21 heavy (non-hydrogen) atoms. The molecule has 0 saturated carbocycles. The number of piperidine rings is 1. The number of carbonyl (C=O) groups is 1. The second kappa shape index (κ2) is 7.21. The standard InChI is InChI=1S/C16H20FN3O/c17-15-8-12(3-1-5-18)7-13(9-15)10-20-6-2-4-14(11-20)16(19)21/h7-9,14H,2,4-6,10-11,18H2,(H2,19,21). The SMILES string of the molecule is NCC#Cc1cc(F)cc(CN2CCCC(C(N)=O)C2)c1. The van der Waals surface area contributed by atoms with Crippen LogP contribution in [0.1, 0.15) is 24.0 Å². The molecule has 1 aliphatic rings. The number of carbonyl (C=O) groups excluding carboxylic acids is 1. The van der Waals surface area contributed by atoms with Gasteiger partial charge >= 0.3 is 0 Å². The minimum Gasteiger partial charge on any atom is -0.369 e. The zero-order valence-electron chi connectivity index (χ0n) is 11.9. The Labute approximate surface area is 124 Å². The fourth-order valence-electron chi connectivity index (χ4n) is 2.66. The second-order valence-electron chi connectivity index (χ2n) is 5.33. The van der Waals surface area contributed by atoms with Crippen molar-refractivity contribution in [2.24, 2.45) is 17.4 Å². The summed E-state index contributed by atoms with van der Waals surface area (Å²) in [6, 6.07) is 4.76. The van der Waals surface area contributed by atoms with Crippen molar-refractivity contribution in [2.45, 2.75) is 19.4 Å². The monoisotopic (exact) mass is 289 g/mol. The van der Waals surface area contributed by atoms with E-state index in [0.29, 0.717) is 18.7 Å². The van der Waals surface area contributed by atoms with E-state index in [0.717, 1.165) is 24.9 Å². The molecule has 1 aromatic rings. The minimum absolute atomic E-state index is 0.108. The van der Waals surface area contributed by atoms with Gasteiger partial charge in [0.25, 0.3) is 0 Å². The number of hydrogen-bond acceptors (Lipinski definition) is 3. The Morgan fingerprint density at radius 2 is 2.24 bits per heavy atom. The first kappa shape index (κ1) is 15.5. The van der Waals surface area contributed by atoms with Crippen molar-refractivity contribution in [3.05, 3.63) is 35.1 Å². The zero-order valence-corrected chi connectivity index (χ0v) is 11.9. The van der Waals surface area contributed by atoms with Gasteiger partial charge in [0, 0.05) is 18.7 Å². The van der Waals surface area contributed by atoms with Gasteiger partial charge in [-0.3, -0.25) is 9.69 Å². The largest absolute Gasteiger partial charge is 0.369 e. The molecular weight excluding hydrogens is 269 g/mol. The van der Waals surface area contributed by atoms with Gasteiger partial charge in [-0.1, -0.05) is 11.8 Å². The van der Waals surface area contributed by atoms with Gasteiger partial charge in [0.1, 0.15) is 5.82 Å². The summed E-state index contributed by atoms with van der Waals surface area (Å²) < 4.78 is 13.6. The normalized spacial score (nSPS) is 18.9. The van der Waals surface area contributed by atoms with E-state index in [1.807, 2.05) is 6.07 Å². The number of halogens is 1. The van der Waals surface area contributed by atoms with E-state index in [1.165, 1.54) is 12.1 Å². The molecule has 0 spiro atoms. The third-order valence-electron chi connectivity index (χ3n) is 3.61. The molecule has 0 aromatic heterocycles. The molecule has 5 heteroatoms. The molecule has 4 N–H and O–H groups in total. The maximum Gasteiger partial charge on any atom is 0.221 e. The summed E-state index contributed by atoms with van der Waals surface area (Å²) in [7, 11) is 0. The maximum atomic E-state index is 13.6. The summed E-state index contributed by atoms with van der Waals surface area (Å²) in [5.74, 6) is 4.89. The van der Waals surface area contributed by atoms with Crippen LogP contribution in [0.5, 0.6) is 0 Å². The van der Waals surface area contributed by atoms with E-state index in [9.17, 15) is 9.18 Å². The van der Waals surface area contributed by atoms with E-state index in [2.05, 4.69) is 16.7 Å². The van der Waals surface area contributed by atoms with Crippen LogP contribution in [0, 0.1) is 23.6 Å². The Morgan fingerprint density at radius 3 is 2.95 bits per heavy atom. The molecule has 2 rings (SSSR count). The Morgan fingerprint density at radius 1 is 1.43 bits per heavy atom. The Kier molecular flexibility index (Phi) is 5.32. The molecule has 1 aliphatic heterocycles. The van der Waals surface area contributed by atoms with E-state index >= 15 is 0 Å². The lowest BCUT2D eigenvalue weighted by molar-refractivity contribution is -0.123. The smallest absolute Gasteiger partial charge is 0.221 e. The predicted octanol–water partition coefficient (Wildman–Crippen LogP) is 0.833. The van der Waals surface area contributed by atoms with Gasteiger partial charge in [0.05, 0.1) is 12.5 Å². The van der Waals surface area contributed by atoms with Gasteiger partial charge in [-0.15, -0.1) is 0 Å². The molecule has 1 saturated heterocycles. The lowest BCUT2D eigenvalue weighted by atomic mass is 9.97. The van der Waals surface area contributed by atoms with Crippen LogP contribution in [0.3, 0.4) is 0 Å². The van der Waals surface area contributed by atoms with Crippen molar-refractivity contribution in [2.75, 3.05) is 19.6 Å². The second-order valence-corrected chi connectivity index (χ2v) is 5.33. The molecule has 112 valence electrons. The molecule has 0 bridgehead atoms. The fourth-order valence-corrected chi connectivity index (χ4v) is 2.66. The highest BCUT2D eigenvalue weighted by atomic mass is 19.1. The van der Waals surface area contributed by atoms with Gasteiger partial charge < -0.3 is 11.5 Å². The first-order valence-corrected chi connectivity index (χ1v) is 7.08. The first-order valence-electron chi connectivity index (χ1n) is 7.08. The van der Waals surface area contributed by atoms with Crippen LogP contribution in [0.25, 0.3) is 0 Å². The highest BCUT2D eigenvalue weighted by Crippen LogP contribution is 2.19. The number of nitrogens with two attached hydrogens (primary N) is 2. The summed E-state index contributed by atoms with van der Waals surface area (Å²) in [5.41, 5.74) is 12.2. The van der Waals surface area contributed by atoms with Crippen LogP contribution in [0.2, 0.25) is 0 Å². The van der Waals surface area contributed by atoms with Crippen molar-refractivity contribution in [1.82, 2.24) is 4.90 Å². The summed E-state index contributed by atoms with van der Waals surface area (Å²) in [4.78, 5) is 13.4. The molecule has 1 heterocycles. The summed E-state index contributed by atoms with van der Waals surface area (Å²) >= 11 is 0. The predicted molar refractivity (Wildman–Crippen MR) is 79.5 cm³/mol. The summed E-state index contributed by atoms with van der Waals surface area (Å²) in [6.07, 6.45) is 1.77. The maximum absolute atomic E-state index is 13.6. The average Bonchev–Trinajstić information content (AvgIpc) is 2.45. The van der Waals surface area contributed by atoms with Gasteiger partial charge in [-0.25, -0.2) is 4.39 Å². The van der Waals surface area contributed by atoms with Gasteiger partial charge in [-0.2, -0.15) is 0 Å². The molecule has 1 aromatic carbocycles. The van der Waals surface area contributed by atoms with Crippen molar-refractivity contribution in [3.63, 3.8) is 0 Å². The summed E-state index contributed by atoms with van der Waals surface area (Å²) in [5, 5.41) is 0. The first-order chi connectivity index (χ1) is 10.1. The number of nitrogens with zero attached hydrogens (tertiary/aromatic N) is 1. The number of amides is 1. The lowest BCUT2D eigenvalue weighted by Crippen LogP contribution is -2.40. The molecule has 0 radical (unpaired) electrons. The quantitative estimate of drug-likeness (QED) is 0.810. The third kappa shape index (κ3) is 4.55. The fraction of sp³-hybridized carbons (Fsp3) is 0.438. The highest BCUT2D eigenvalue weighted by Gasteiger charge is 2.23. The molecule has 1 amide bonds. The number of hydrogen-bond donors (Lipinski definition) is 2. The van der Waals surface area contributed by atoms with Gasteiger partial charge in [0.2, 0.25) is 5.91 Å². The molecule has 1 unspecified atom stereocenters. The van der Waals surface area contributed by atoms with Crippen LogP contribution in [-0.2, 0) is 11.3 Å². The Hall–Kier alpha value is -1.90. The van der Waals surface area contributed by atoms with E-state index in [4.69, 9.17) is 11.5 Å². The van der Waals surface area contributed by atoms with Crippen LogP contribution in [0.15, 0.2) is 18.2 Å². The zero-order chi connectivity index (χ0) is 15.2. The number of rotatable bonds is 3. The van der Waals surface area contributed by atoms with Gasteiger partial charge in [-0.05, 0) is 43.1 Å². The number of likely N-dealkylation sites (tertiary alicyclic amines) is 1. The lowest BCUT2D eigenvalue weighted by Gasteiger charge is -2.31. The van der Waals surface area contributed by atoms with Crippen molar-refractivity contribution in [1.29, 1.82) is 0 Å². The molecule has 1 atom stereocenters. The van der Waals surface area contributed by atoms with Crippen LogP contribution in [0.4, 0.5) is 4.39 Å². The van der Waals surface area contributed by atoms with E-state index < -0.39 is 0 Å². The molecular formula is C16H20FN3O. The van der Waals surface area contributed by atoms with Gasteiger partial charge in [0.15, 0.2) is 0 Å². The van der Waals surface area contributed by atoms with Crippen LogP contribution < -0.4 is 11.5 Å². The van der Waals surface area contributed by atoms with Crippen LogP contribution >= 0.6 is 0 Å². The van der Waals surface area contributed by atoms with Crippen molar-refractivity contribution in [3.8, 4) is 11.8 Å². The average molecular weight is 289 g/mol. The number of benzene rings is 1. The summed E-state index contributed by atoms with van der Waals surface area (Å²) in [6.45, 7) is 2.37. The van der Waals surface area contributed by atoms with Crippen LogP contribution in [-0.4, -0.2) is 30.4 Å². The molecule has 4 nitrogen and oxygen atoms in total. The Bertz CT molecular complexity index is 577. The molecule has 1 fully saturated rings. The van der Waals surface area contributed by atoms with Crippen molar-refractivity contribution >= 4 is 5.91 Å².